The Morgan fingerprint density at radius 1 is 1.00 bits per heavy atom. The molecule has 0 aromatic carbocycles. The lowest BCUT2D eigenvalue weighted by molar-refractivity contribution is -0.142. The fourth-order valence-corrected chi connectivity index (χ4v) is 2.60. The summed E-state index contributed by atoms with van der Waals surface area (Å²) in [6.45, 7) is 9.79. The summed E-state index contributed by atoms with van der Waals surface area (Å²) < 4.78 is 0. The van der Waals surface area contributed by atoms with Gasteiger partial charge >= 0.3 is 5.97 Å². The lowest BCUT2D eigenvalue weighted by Gasteiger charge is -2.23. The van der Waals surface area contributed by atoms with Crippen LogP contribution >= 0.6 is 0 Å². The van der Waals surface area contributed by atoms with Gasteiger partial charge in [-0.3, -0.25) is 24.0 Å². The molecule has 0 spiro atoms. The number of likely N-dealkylation sites (N-methyl/N-ethyl adjacent to an activating group) is 1. The lowest BCUT2D eigenvalue weighted by Crippen LogP contribution is -2.53. The number of nitrogens with two attached hydrogens (primary N) is 1. The van der Waals surface area contributed by atoms with Crippen molar-refractivity contribution in [1.29, 1.82) is 0 Å². The molecular formula is C20H33N5O7. The fraction of sp³-hybridized carbons (Fsp3) is 0.600. The van der Waals surface area contributed by atoms with Crippen LogP contribution in [0, 0.1) is 5.92 Å². The summed E-state index contributed by atoms with van der Waals surface area (Å²) in [6.07, 6.45) is -0.122. The number of primary amides is 1. The van der Waals surface area contributed by atoms with Crippen LogP contribution in [-0.4, -0.2) is 70.7 Å². The molecule has 0 aromatic rings. The first-order valence-electron chi connectivity index (χ1n) is 10.0. The van der Waals surface area contributed by atoms with Gasteiger partial charge in [-0.05, 0) is 25.7 Å². The van der Waals surface area contributed by atoms with Crippen LogP contribution in [0.1, 0.15) is 47.0 Å². The maximum atomic E-state index is 12.4. The van der Waals surface area contributed by atoms with Crippen molar-refractivity contribution in [2.75, 3.05) is 7.05 Å². The van der Waals surface area contributed by atoms with E-state index in [-0.39, 0.29) is 24.5 Å². The Morgan fingerprint density at radius 2 is 1.56 bits per heavy atom. The van der Waals surface area contributed by atoms with E-state index in [0.29, 0.717) is 6.42 Å². The number of carboxylic acid groups (broad SMARTS) is 1. The summed E-state index contributed by atoms with van der Waals surface area (Å²) in [5, 5.41) is 16.1. The van der Waals surface area contributed by atoms with E-state index in [2.05, 4.69) is 22.5 Å². The first kappa shape index (κ1) is 28.6. The zero-order chi connectivity index (χ0) is 25.2. The fourth-order valence-electron chi connectivity index (χ4n) is 2.60. The number of rotatable bonds is 13. The van der Waals surface area contributed by atoms with Crippen LogP contribution in [-0.2, 0) is 28.8 Å². The molecule has 0 saturated carbocycles. The Balaban J connectivity index is 4.87. The maximum absolute atomic E-state index is 12.4. The van der Waals surface area contributed by atoms with E-state index < -0.39 is 53.6 Å². The summed E-state index contributed by atoms with van der Waals surface area (Å²) >= 11 is 0. The molecule has 32 heavy (non-hydrogen) atoms. The van der Waals surface area contributed by atoms with Gasteiger partial charge in [-0.1, -0.05) is 20.4 Å². The summed E-state index contributed by atoms with van der Waals surface area (Å²) in [5.41, 5.74) is 5.02. The largest absolute Gasteiger partial charge is 0.480 e. The molecule has 12 nitrogen and oxygen atoms in total. The summed E-state index contributed by atoms with van der Waals surface area (Å²) in [4.78, 5) is 71.6. The van der Waals surface area contributed by atoms with Gasteiger partial charge in [0.1, 0.15) is 23.8 Å². The number of hydrogen-bond donors (Lipinski definition) is 5. The van der Waals surface area contributed by atoms with Crippen molar-refractivity contribution >= 4 is 35.5 Å². The number of nitrogens with one attached hydrogen (secondary N) is 3. The molecule has 12 heteroatoms. The monoisotopic (exact) mass is 455 g/mol. The molecule has 0 heterocycles. The quantitative estimate of drug-likeness (QED) is 0.217. The van der Waals surface area contributed by atoms with E-state index >= 15 is 0 Å². The highest BCUT2D eigenvalue weighted by atomic mass is 16.4. The molecule has 0 unspecified atom stereocenters. The van der Waals surface area contributed by atoms with Crippen LogP contribution < -0.4 is 21.7 Å². The van der Waals surface area contributed by atoms with Crippen molar-refractivity contribution in [2.45, 2.75) is 65.1 Å². The minimum absolute atomic E-state index is 0.100. The average molecular weight is 456 g/mol. The minimum Gasteiger partial charge on any atom is -0.480 e. The summed E-state index contributed by atoms with van der Waals surface area (Å²) in [6, 6.07) is -3.19. The van der Waals surface area contributed by atoms with Crippen molar-refractivity contribution in [3.05, 3.63) is 12.3 Å². The first-order chi connectivity index (χ1) is 14.7. The Kier molecular flexibility index (Phi) is 11.7. The van der Waals surface area contributed by atoms with Gasteiger partial charge in [0.25, 0.3) is 5.91 Å². The standard InChI is InChI=1S/C20H33N5O7/c1-10(2)9-15(17(21)28)24-18(29)11(3)22-19(30)12(4)25(6)16(27)8-7-14(20(31)32)23-13(5)26/h10-11,14-15H,4,7-9H2,1-3,5-6H3,(H2,21,28)(H,22,30)(H,23,26)(H,24,29)(H,31,32)/t11-,14-,15+/m1/s1. The van der Waals surface area contributed by atoms with Gasteiger partial charge < -0.3 is 31.7 Å². The van der Waals surface area contributed by atoms with E-state index in [0.717, 1.165) is 11.8 Å². The molecule has 0 aliphatic heterocycles. The SMILES string of the molecule is C=C(C(=O)N[C@H](C)C(=O)N[C@@H](CC(C)C)C(N)=O)N(C)C(=O)CC[C@@H](NC(C)=O)C(=O)O. The first-order valence-corrected chi connectivity index (χ1v) is 10.0. The number of carbonyl (C=O) groups is 6. The van der Waals surface area contributed by atoms with Gasteiger partial charge in [-0.25, -0.2) is 4.79 Å². The molecule has 0 bridgehead atoms. The summed E-state index contributed by atoms with van der Waals surface area (Å²) in [7, 11) is 1.27. The number of nitrogens with zero attached hydrogens (tertiary/aromatic N) is 1. The number of amides is 5. The smallest absolute Gasteiger partial charge is 0.326 e. The van der Waals surface area contributed by atoms with Crippen LogP contribution in [0.5, 0.6) is 0 Å². The Morgan fingerprint density at radius 3 is 2.00 bits per heavy atom. The average Bonchev–Trinajstić information content (AvgIpc) is 2.67. The topological polar surface area (TPSA) is 188 Å². The van der Waals surface area contributed by atoms with Crippen molar-refractivity contribution in [1.82, 2.24) is 20.9 Å². The second-order valence-corrected chi connectivity index (χ2v) is 7.82. The van der Waals surface area contributed by atoms with Gasteiger partial charge in [0.05, 0.1) is 0 Å². The third-order valence-electron chi connectivity index (χ3n) is 4.47. The predicted molar refractivity (Wildman–Crippen MR) is 115 cm³/mol. The van der Waals surface area contributed by atoms with E-state index in [9.17, 15) is 28.8 Å². The third kappa shape index (κ3) is 10.0. The molecule has 3 atom stereocenters. The van der Waals surface area contributed by atoms with E-state index in [1.807, 2.05) is 13.8 Å². The number of carbonyl (C=O) groups excluding carboxylic acids is 5. The highest BCUT2D eigenvalue weighted by Gasteiger charge is 2.26. The van der Waals surface area contributed by atoms with E-state index in [1.165, 1.54) is 14.0 Å². The van der Waals surface area contributed by atoms with Crippen LogP contribution in [0.3, 0.4) is 0 Å². The molecule has 0 fully saturated rings. The molecule has 0 rings (SSSR count). The molecule has 180 valence electrons. The van der Waals surface area contributed by atoms with Crippen LogP contribution in [0.25, 0.3) is 0 Å². The highest BCUT2D eigenvalue weighted by molar-refractivity contribution is 5.99. The highest BCUT2D eigenvalue weighted by Crippen LogP contribution is 2.08. The number of hydrogen-bond acceptors (Lipinski definition) is 6. The van der Waals surface area contributed by atoms with Crippen LogP contribution in [0.2, 0.25) is 0 Å². The normalized spacial score (nSPS) is 13.3. The van der Waals surface area contributed by atoms with E-state index in [1.54, 1.807) is 0 Å². The Hall–Kier alpha value is -3.44. The van der Waals surface area contributed by atoms with Gasteiger partial charge in [0.2, 0.25) is 23.6 Å². The molecule has 0 aromatic heterocycles. The van der Waals surface area contributed by atoms with Gasteiger partial charge in [0.15, 0.2) is 0 Å². The molecule has 0 saturated heterocycles. The second kappa shape index (κ2) is 13.1. The lowest BCUT2D eigenvalue weighted by atomic mass is 10.0. The predicted octanol–water partition coefficient (Wildman–Crippen LogP) is -1.15. The molecule has 0 aliphatic carbocycles. The number of aliphatic carboxylic acids is 1. The molecule has 5 amide bonds. The Bertz CT molecular complexity index is 765. The molecule has 0 radical (unpaired) electrons. The van der Waals surface area contributed by atoms with Gasteiger partial charge in [0, 0.05) is 20.4 Å². The van der Waals surface area contributed by atoms with Crippen molar-refractivity contribution in [3.8, 4) is 0 Å². The zero-order valence-electron chi connectivity index (χ0n) is 19.1. The minimum atomic E-state index is -1.29. The summed E-state index contributed by atoms with van der Waals surface area (Å²) in [5.74, 6) is -4.49. The van der Waals surface area contributed by atoms with Gasteiger partial charge in [-0.2, -0.15) is 0 Å². The second-order valence-electron chi connectivity index (χ2n) is 7.82. The molecular weight excluding hydrogens is 422 g/mol. The number of carboxylic acids is 1. The molecule has 0 aliphatic rings. The van der Waals surface area contributed by atoms with Crippen molar-refractivity contribution in [2.24, 2.45) is 11.7 Å². The van der Waals surface area contributed by atoms with Crippen molar-refractivity contribution < 1.29 is 33.9 Å². The van der Waals surface area contributed by atoms with Crippen LogP contribution in [0.4, 0.5) is 0 Å². The maximum Gasteiger partial charge on any atom is 0.326 e. The zero-order valence-corrected chi connectivity index (χ0v) is 19.1. The van der Waals surface area contributed by atoms with Crippen molar-refractivity contribution in [3.63, 3.8) is 0 Å². The van der Waals surface area contributed by atoms with E-state index in [4.69, 9.17) is 10.8 Å². The Labute approximate surface area is 186 Å². The van der Waals surface area contributed by atoms with Gasteiger partial charge in [-0.15, -0.1) is 0 Å². The van der Waals surface area contributed by atoms with Crippen LogP contribution in [0.15, 0.2) is 12.3 Å². The third-order valence-corrected chi connectivity index (χ3v) is 4.47. The molecule has 6 N–H and O–H groups in total.